The first-order valence-electron chi connectivity index (χ1n) is 12.8. The molecule has 0 aliphatic carbocycles. The summed E-state index contributed by atoms with van der Waals surface area (Å²) in [6.07, 6.45) is 1.06. The molecule has 1 saturated heterocycles. The Morgan fingerprint density at radius 1 is 0.829 bits per heavy atom. The summed E-state index contributed by atoms with van der Waals surface area (Å²) in [5, 5.41) is 0. The molecule has 196 valence electrons. The molecule has 2 aromatic rings. The third kappa shape index (κ3) is 8.23. The van der Waals surface area contributed by atoms with Gasteiger partial charge < -0.3 is 14.4 Å². The van der Waals surface area contributed by atoms with E-state index in [9.17, 15) is 8.42 Å². The van der Waals surface area contributed by atoms with Crippen LogP contribution >= 0.6 is 0 Å². The standard InChI is InChI=1S/C16H26N2O3S.C12H18O/c1-5-21-16-7-6-14(12-15(16)13(2)3)22(19,20)18-10-8-17(4)9-11-18;1-4-9-13-12-8-6-5-7-11(12)10(2)3/h6-7,12-13H,5,8-11H2,1-4H3;5-8,10H,4,9H2,1-3H3. The predicted molar refractivity (Wildman–Crippen MR) is 144 cm³/mol. The number of rotatable bonds is 9. The molecule has 35 heavy (non-hydrogen) atoms. The Balaban J connectivity index is 0.000000283. The summed E-state index contributed by atoms with van der Waals surface area (Å²) in [5.41, 5.74) is 2.24. The first-order valence-corrected chi connectivity index (χ1v) is 14.2. The maximum Gasteiger partial charge on any atom is 0.243 e. The lowest BCUT2D eigenvalue weighted by molar-refractivity contribution is 0.222. The molecule has 0 saturated carbocycles. The van der Waals surface area contributed by atoms with Gasteiger partial charge in [0, 0.05) is 26.2 Å². The van der Waals surface area contributed by atoms with Gasteiger partial charge in [0.15, 0.2) is 0 Å². The molecule has 0 unspecified atom stereocenters. The first kappa shape index (κ1) is 29.1. The Morgan fingerprint density at radius 3 is 2.00 bits per heavy atom. The second-order valence-electron chi connectivity index (χ2n) is 9.54. The lowest BCUT2D eigenvalue weighted by atomic mass is 10.0. The number of likely N-dealkylation sites (N-methyl/N-ethyl adjacent to an activating group) is 1. The first-order chi connectivity index (χ1) is 16.6. The van der Waals surface area contributed by atoms with E-state index < -0.39 is 10.0 Å². The summed E-state index contributed by atoms with van der Waals surface area (Å²) in [6, 6.07) is 13.5. The van der Waals surface area contributed by atoms with Crippen LogP contribution < -0.4 is 9.47 Å². The fourth-order valence-corrected chi connectivity index (χ4v) is 5.36. The monoisotopic (exact) mass is 504 g/mol. The van der Waals surface area contributed by atoms with Crippen molar-refractivity contribution in [2.24, 2.45) is 0 Å². The molecule has 1 aliphatic heterocycles. The zero-order valence-corrected chi connectivity index (χ0v) is 23.4. The normalized spacial score (nSPS) is 15.1. The number of benzene rings is 2. The molecule has 1 heterocycles. The second-order valence-corrected chi connectivity index (χ2v) is 11.5. The van der Waals surface area contributed by atoms with Crippen molar-refractivity contribution in [1.29, 1.82) is 0 Å². The summed E-state index contributed by atoms with van der Waals surface area (Å²) in [6.45, 7) is 16.5. The van der Waals surface area contributed by atoms with Crippen molar-refractivity contribution in [2.75, 3.05) is 46.4 Å². The van der Waals surface area contributed by atoms with Gasteiger partial charge in [-0.25, -0.2) is 8.42 Å². The molecule has 0 aromatic heterocycles. The quantitative estimate of drug-likeness (QED) is 0.436. The van der Waals surface area contributed by atoms with E-state index in [-0.39, 0.29) is 5.92 Å². The highest BCUT2D eigenvalue weighted by Gasteiger charge is 2.28. The number of para-hydroxylation sites is 1. The van der Waals surface area contributed by atoms with Crippen molar-refractivity contribution in [3.8, 4) is 11.5 Å². The van der Waals surface area contributed by atoms with Crippen molar-refractivity contribution < 1.29 is 17.9 Å². The van der Waals surface area contributed by atoms with E-state index in [2.05, 4.69) is 37.8 Å². The van der Waals surface area contributed by atoms with Crippen molar-refractivity contribution >= 4 is 10.0 Å². The van der Waals surface area contributed by atoms with Gasteiger partial charge in [0.1, 0.15) is 11.5 Å². The van der Waals surface area contributed by atoms with Crippen LogP contribution in [0.2, 0.25) is 0 Å². The molecule has 0 atom stereocenters. The molecular weight excluding hydrogens is 460 g/mol. The van der Waals surface area contributed by atoms with Crippen molar-refractivity contribution in [1.82, 2.24) is 9.21 Å². The fourth-order valence-electron chi connectivity index (χ4n) is 3.90. The molecule has 6 nitrogen and oxygen atoms in total. The minimum atomic E-state index is -3.42. The Kier molecular flexibility index (Phi) is 11.5. The van der Waals surface area contributed by atoms with Gasteiger partial charge in [-0.3, -0.25) is 0 Å². The van der Waals surface area contributed by atoms with Gasteiger partial charge in [-0.05, 0) is 67.6 Å². The minimum absolute atomic E-state index is 0.212. The van der Waals surface area contributed by atoms with Crippen molar-refractivity contribution in [3.05, 3.63) is 53.6 Å². The van der Waals surface area contributed by atoms with E-state index in [1.807, 2.05) is 40.0 Å². The third-order valence-electron chi connectivity index (χ3n) is 6.01. The number of ether oxygens (including phenoxy) is 2. The van der Waals surface area contributed by atoms with E-state index in [4.69, 9.17) is 9.47 Å². The van der Waals surface area contributed by atoms with E-state index in [0.29, 0.717) is 30.5 Å². The molecule has 0 N–H and O–H groups in total. The van der Waals surface area contributed by atoms with Crippen LogP contribution in [-0.2, 0) is 10.0 Å². The van der Waals surface area contributed by atoms with Gasteiger partial charge >= 0.3 is 0 Å². The molecule has 1 aliphatic rings. The topological polar surface area (TPSA) is 59.1 Å². The second kappa shape index (κ2) is 13.9. The zero-order valence-electron chi connectivity index (χ0n) is 22.6. The van der Waals surface area contributed by atoms with E-state index in [1.165, 1.54) is 5.56 Å². The van der Waals surface area contributed by atoms with Crippen LogP contribution in [0, 0.1) is 0 Å². The zero-order chi connectivity index (χ0) is 26.0. The van der Waals surface area contributed by atoms with Crippen LogP contribution in [0.4, 0.5) is 0 Å². The Morgan fingerprint density at radius 2 is 1.43 bits per heavy atom. The largest absolute Gasteiger partial charge is 0.494 e. The summed E-state index contributed by atoms with van der Waals surface area (Å²) in [4.78, 5) is 2.51. The molecule has 2 aromatic carbocycles. The molecule has 0 spiro atoms. The highest BCUT2D eigenvalue weighted by molar-refractivity contribution is 7.89. The summed E-state index contributed by atoms with van der Waals surface area (Å²) in [7, 11) is -1.41. The molecular formula is C28H44N2O4S. The van der Waals surface area contributed by atoms with Gasteiger partial charge in [-0.1, -0.05) is 52.8 Å². The van der Waals surface area contributed by atoms with Crippen LogP contribution in [-0.4, -0.2) is 64.1 Å². The summed E-state index contributed by atoms with van der Waals surface area (Å²) >= 11 is 0. The Hall–Kier alpha value is -2.09. The number of hydrogen-bond acceptors (Lipinski definition) is 5. The molecule has 7 heteroatoms. The highest BCUT2D eigenvalue weighted by atomic mass is 32.2. The molecule has 0 amide bonds. The molecule has 0 radical (unpaired) electrons. The number of hydrogen-bond donors (Lipinski definition) is 0. The number of piperazine rings is 1. The van der Waals surface area contributed by atoms with Crippen LogP contribution in [0.3, 0.4) is 0 Å². The van der Waals surface area contributed by atoms with E-state index >= 15 is 0 Å². The number of nitrogens with zero attached hydrogens (tertiary/aromatic N) is 2. The highest BCUT2D eigenvalue weighted by Crippen LogP contribution is 2.30. The van der Waals surface area contributed by atoms with Crippen LogP contribution in [0.25, 0.3) is 0 Å². The Labute approximate surface area is 213 Å². The van der Waals surface area contributed by atoms with Gasteiger partial charge in [0.2, 0.25) is 10.0 Å². The average molecular weight is 505 g/mol. The van der Waals surface area contributed by atoms with E-state index in [1.54, 1.807) is 22.5 Å². The SMILES string of the molecule is CCCOc1ccccc1C(C)C.CCOc1ccc(S(=O)(=O)N2CCN(C)CC2)cc1C(C)C. The van der Waals surface area contributed by atoms with Crippen molar-refractivity contribution in [3.63, 3.8) is 0 Å². The molecule has 3 rings (SSSR count). The van der Waals surface area contributed by atoms with Crippen LogP contribution in [0.5, 0.6) is 11.5 Å². The summed E-state index contributed by atoms with van der Waals surface area (Å²) < 4.78 is 38.4. The molecule has 0 bridgehead atoms. The average Bonchev–Trinajstić information content (AvgIpc) is 2.83. The maximum atomic E-state index is 12.8. The van der Waals surface area contributed by atoms with E-state index in [0.717, 1.165) is 43.2 Å². The fraction of sp³-hybridized carbons (Fsp3) is 0.571. The van der Waals surface area contributed by atoms with Gasteiger partial charge in [-0.15, -0.1) is 0 Å². The van der Waals surface area contributed by atoms with Crippen LogP contribution in [0.1, 0.15) is 70.9 Å². The predicted octanol–water partition coefficient (Wildman–Crippen LogP) is 5.74. The lowest BCUT2D eigenvalue weighted by Crippen LogP contribution is -2.47. The summed E-state index contributed by atoms with van der Waals surface area (Å²) in [5.74, 6) is 2.56. The molecule has 1 fully saturated rings. The van der Waals surface area contributed by atoms with Crippen LogP contribution in [0.15, 0.2) is 47.4 Å². The van der Waals surface area contributed by atoms with Gasteiger partial charge in [-0.2, -0.15) is 4.31 Å². The third-order valence-corrected chi connectivity index (χ3v) is 7.90. The van der Waals surface area contributed by atoms with Gasteiger partial charge in [0.05, 0.1) is 18.1 Å². The smallest absolute Gasteiger partial charge is 0.243 e. The number of sulfonamides is 1. The van der Waals surface area contributed by atoms with Gasteiger partial charge in [0.25, 0.3) is 0 Å². The Bertz CT molecular complexity index is 1010. The lowest BCUT2D eigenvalue weighted by Gasteiger charge is -2.31. The minimum Gasteiger partial charge on any atom is -0.494 e. The van der Waals surface area contributed by atoms with Crippen molar-refractivity contribution in [2.45, 2.75) is 64.7 Å². The maximum absolute atomic E-state index is 12.8.